The van der Waals surface area contributed by atoms with Crippen LogP contribution in [0.25, 0.3) is 0 Å². The molecule has 2 N–H and O–H groups in total. The molecule has 0 aromatic rings. The van der Waals surface area contributed by atoms with Crippen LogP contribution in [0.4, 0.5) is 0 Å². The second kappa shape index (κ2) is 5.83. The lowest BCUT2D eigenvalue weighted by molar-refractivity contribution is -0.182. The largest absolute Gasteiger partial charge is 0.354 e. The maximum absolute atomic E-state index is 11.5. The molecule has 0 amide bonds. The van der Waals surface area contributed by atoms with Crippen molar-refractivity contribution in [1.82, 2.24) is 4.90 Å². The van der Waals surface area contributed by atoms with Crippen LogP contribution in [0.15, 0.2) is 0 Å². The predicted octanol–water partition coefficient (Wildman–Crippen LogP) is -0.558. The number of ether oxygens (including phenoxy) is 2. The number of likely N-dealkylation sites (N-methyl/N-ethyl adjacent to an activating group) is 1. The first-order chi connectivity index (χ1) is 8.30. The third-order valence-electron chi connectivity index (χ3n) is 3.91. The molecule has 18 heavy (non-hydrogen) atoms. The maximum Gasteiger partial charge on any atom is 0.176 e. The zero-order chi connectivity index (χ0) is 14.0. The maximum atomic E-state index is 11.5. The molecule has 0 radical (unpaired) electrons. The van der Waals surface area contributed by atoms with Crippen LogP contribution in [0.1, 0.15) is 13.3 Å². The molecule has 0 aliphatic carbocycles. The summed E-state index contributed by atoms with van der Waals surface area (Å²) in [4.78, 5) is 1.98. The van der Waals surface area contributed by atoms with Gasteiger partial charge in [-0.15, -0.1) is 0 Å². The number of rotatable bonds is 6. The monoisotopic (exact) mass is 280 g/mol. The Balaban J connectivity index is 2.88. The summed E-state index contributed by atoms with van der Waals surface area (Å²) in [6.45, 7) is 2.25. The minimum Gasteiger partial charge on any atom is -0.354 e. The minimum atomic E-state index is -2.91. The van der Waals surface area contributed by atoms with Crippen molar-refractivity contribution < 1.29 is 17.9 Å². The lowest BCUT2D eigenvalue weighted by Gasteiger charge is -2.44. The molecule has 7 heteroatoms. The van der Waals surface area contributed by atoms with Gasteiger partial charge >= 0.3 is 0 Å². The topological polar surface area (TPSA) is 81.9 Å². The Hall–Kier alpha value is -0.210. The summed E-state index contributed by atoms with van der Waals surface area (Å²) in [5, 5.41) is 0. The van der Waals surface area contributed by atoms with Crippen LogP contribution in [0, 0.1) is 0 Å². The molecule has 6 nitrogen and oxygen atoms in total. The fraction of sp³-hybridized carbons (Fsp3) is 1.00. The molecule has 0 spiro atoms. The van der Waals surface area contributed by atoms with E-state index in [2.05, 4.69) is 0 Å². The fourth-order valence-corrected chi connectivity index (χ4v) is 4.28. The third-order valence-corrected chi connectivity index (χ3v) is 5.66. The van der Waals surface area contributed by atoms with Crippen molar-refractivity contribution in [3.05, 3.63) is 0 Å². The van der Waals surface area contributed by atoms with E-state index in [1.54, 1.807) is 14.2 Å². The summed E-state index contributed by atoms with van der Waals surface area (Å²) in [5.74, 6) is 0.423. The van der Waals surface area contributed by atoms with E-state index in [4.69, 9.17) is 15.2 Å². The lowest BCUT2D eigenvalue weighted by Crippen LogP contribution is -2.62. The number of nitrogens with two attached hydrogens (primary N) is 1. The first-order valence-corrected chi connectivity index (χ1v) is 7.82. The Labute approximate surface area is 109 Å². The molecule has 2 atom stereocenters. The SMILES string of the molecule is COC(OC)C(C)(CN)N(C)C1CCS(=O)(=O)C1. The zero-order valence-electron chi connectivity index (χ0n) is 11.5. The van der Waals surface area contributed by atoms with Gasteiger partial charge in [0.1, 0.15) is 0 Å². The van der Waals surface area contributed by atoms with E-state index in [1.165, 1.54) is 0 Å². The molecule has 1 rings (SSSR count). The Morgan fingerprint density at radius 1 is 1.44 bits per heavy atom. The number of hydrogen-bond acceptors (Lipinski definition) is 6. The van der Waals surface area contributed by atoms with Gasteiger partial charge < -0.3 is 15.2 Å². The number of sulfone groups is 1. The Morgan fingerprint density at radius 3 is 2.33 bits per heavy atom. The highest BCUT2D eigenvalue weighted by Crippen LogP contribution is 2.27. The second-order valence-electron chi connectivity index (χ2n) is 5.03. The zero-order valence-corrected chi connectivity index (χ0v) is 12.4. The van der Waals surface area contributed by atoms with Gasteiger partial charge in [-0.1, -0.05) is 0 Å². The minimum absolute atomic E-state index is 0.0312. The quantitative estimate of drug-likeness (QED) is 0.657. The van der Waals surface area contributed by atoms with Crippen LogP contribution >= 0.6 is 0 Å². The van der Waals surface area contributed by atoms with E-state index < -0.39 is 21.7 Å². The summed E-state index contributed by atoms with van der Waals surface area (Å²) < 4.78 is 33.7. The average molecular weight is 280 g/mol. The summed E-state index contributed by atoms with van der Waals surface area (Å²) >= 11 is 0. The highest BCUT2D eigenvalue weighted by Gasteiger charge is 2.43. The molecule has 1 aliphatic heterocycles. The molecule has 1 saturated heterocycles. The van der Waals surface area contributed by atoms with Crippen LogP contribution < -0.4 is 5.73 Å². The van der Waals surface area contributed by atoms with Gasteiger partial charge in [-0.2, -0.15) is 0 Å². The predicted molar refractivity (Wildman–Crippen MR) is 70.1 cm³/mol. The van der Waals surface area contributed by atoms with Gasteiger partial charge in [0.15, 0.2) is 16.1 Å². The van der Waals surface area contributed by atoms with Crippen molar-refractivity contribution in [2.75, 3.05) is 39.3 Å². The molecular formula is C11H24N2O4S. The molecule has 1 fully saturated rings. The van der Waals surface area contributed by atoms with E-state index in [1.807, 2.05) is 18.9 Å². The highest BCUT2D eigenvalue weighted by atomic mass is 32.2. The molecular weight excluding hydrogens is 256 g/mol. The van der Waals surface area contributed by atoms with Crippen molar-refractivity contribution in [2.24, 2.45) is 5.73 Å². The standard InChI is InChI=1S/C11H24N2O4S/c1-11(8-12,10(16-3)17-4)13(2)9-5-6-18(14,15)7-9/h9-10H,5-8,12H2,1-4H3. The van der Waals surface area contributed by atoms with Gasteiger partial charge in [0.2, 0.25) is 0 Å². The fourth-order valence-electron chi connectivity index (χ4n) is 2.51. The Morgan fingerprint density at radius 2 is 2.00 bits per heavy atom. The van der Waals surface area contributed by atoms with E-state index in [-0.39, 0.29) is 17.5 Å². The summed E-state index contributed by atoms with van der Waals surface area (Å²) in [5.41, 5.74) is 5.30. The van der Waals surface area contributed by atoms with Gasteiger partial charge in [-0.25, -0.2) is 8.42 Å². The summed E-state index contributed by atoms with van der Waals surface area (Å²) in [6.07, 6.45) is 0.144. The molecule has 108 valence electrons. The van der Waals surface area contributed by atoms with Crippen molar-refractivity contribution >= 4 is 9.84 Å². The normalized spacial score (nSPS) is 26.7. The average Bonchev–Trinajstić information content (AvgIpc) is 2.69. The molecule has 2 unspecified atom stereocenters. The first kappa shape index (κ1) is 15.8. The van der Waals surface area contributed by atoms with Gasteiger partial charge in [-0.05, 0) is 20.4 Å². The third kappa shape index (κ3) is 3.03. The number of hydrogen-bond donors (Lipinski definition) is 1. The smallest absolute Gasteiger partial charge is 0.176 e. The van der Waals surface area contributed by atoms with E-state index in [0.717, 1.165) is 0 Å². The van der Waals surface area contributed by atoms with Crippen LogP contribution in [0.5, 0.6) is 0 Å². The second-order valence-corrected chi connectivity index (χ2v) is 7.26. The molecule has 0 saturated carbocycles. The van der Waals surface area contributed by atoms with E-state index >= 15 is 0 Å². The number of nitrogens with zero attached hydrogens (tertiary/aromatic N) is 1. The van der Waals surface area contributed by atoms with E-state index in [9.17, 15) is 8.42 Å². The summed E-state index contributed by atoms with van der Waals surface area (Å²) in [7, 11) is 2.08. The van der Waals surface area contributed by atoms with Crippen LogP contribution in [0.2, 0.25) is 0 Å². The first-order valence-electron chi connectivity index (χ1n) is 5.99. The molecule has 0 aromatic heterocycles. The highest BCUT2D eigenvalue weighted by molar-refractivity contribution is 7.91. The molecule has 1 heterocycles. The van der Waals surface area contributed by atoms with Crippen LogP contribution in [0.3, 0.4) is 0 Å². The molecule has 0 aromatic carbocycles. The number of methoxy groups -OCH3 is 2. The van der Waals surface area contributed by atoms with Crippen molar-refractivity contribution in [2.45, 2.75) is 31.2 Å². The molecule has 1 aliphatic rings. The Bertz CT molecular complexity index is 369. The van der Waals surface area contributed by atoms with Crippen molar-refractivity contribution in [1.29, 1.82) is 0 Å². The van der Waals surface area contributed by atoms with Crippen molar-refractivity contribution in [3.8, 4) is 0 Å². The van der Waals surface area contributed by atoms with Crippen LogP contribution in [-0.2, 0) is 19.3 Å². The lowest BCUT2D eigenvalue weighted by atomic mass is 9.97. The molecule has 0 bridgehead atoms. The van der Waals surface area contributed by atoms with Gasteiger partial charge in [0.25, 0.3) is 0 Å². The summed E-state index contributed by atoms with van der Waals surface area (Å²) in [6, 6.07) is -0.0312. The van der Waals surface area contributed by atoms with E-state index in [0.29, 0.717) is 13.0 Å². The van der Waals surface area contributed by atoms with Crippen LogP contribution in [-0.4, -0.2) is 70.5 Å². The Kier molecular flexibility index (Phi) is 5.13. The van der Waals surface area contributed by atoms with Gasteiger partial charge in [0.05, 0.1) is 17.0 Å². The van der Waals surface area contributed by atoms with Gasteiger partial charge in [0, 0.05) is 26.8 Å². The van der Waals surface area contributed by atoms with Crippen molar-refractivity contribution in [3.63, 3.8) is 0 Å². The van der Waals surface area contributed by atoms with Gasteiger partial charge in [-0.3, -0.25) is 4.90 Å².